The molecule has 11 heavy (non-hydrogen) atoms. The molecular weight excluding hydrogens is 275 g/mol. The fraction of sp³-hybridized carbons (Fsp3) is 0.250. The Morgan fingerprint density at radius 3 is 2.27 bits per heavy atom. The molecule has 1 unspecified atom stereocenters. The van der Waals surface area contributed by atoms with Gasteiger partial charge in [-0.05, 0) is 17.7 Å². The van der Waals surface area contributed by atoms with E-state index in [0.717, 1.165) is 10.9 Å². The van der Waals surface area contributed by atoms with Gasteiger partial charge in [0, 0.05) is 10.2 Å². The van der Waals surface area contributed by atoms with Gasteiger partial charge < -0.3 is 0 Å². The fourth-order valence-corrected chi connectivity index (χ4v) is 1.44. The minimum absolute atomic E-state index is 0.192. The van der Waals surface area contributed by atoms with E-state index >= 15 is 0 Å². The Kier molecular flexibility index (Phi) is 3.52. The maximum atomic E-state index is 12.4. The van der Waals surface area contributed by atoms with E-state index < -0.39 is 0 Å². The Morgan fingerprint density at radius 1 is 1.27 bits per heavy atom. The zero-order valence-corrected chi connectivity index (χ0v) is 8.90. The van der Waals surface area contributed by atoms with Crippen LogP contribution in [0.1, 0.15) is 10.4 Å². The minimum Gasteiger partial charge on any atom is -0.207 e. The molecule has 0 nitrogen and oxygen atoms in total. The maximum absolute atomic E-state index is 12.4. The van der Waals surface area contributed by atoms with Crippen LogP contribution >= 0.6 is 31.9 Å². The molecule has 0 heterocycles. The number of rotatable bonds is 2. The van der Waals surface area contributed by atoms with Gasteiger partial charge in [0.2, 0.25) is 0 Å². The lowest BCUT2D eigenvalue weighted by atomic mass is 10.2. The Morgan fingerprint density at radius 2 is 1.82 bits per heavy atom. The molecule has 0 aromatic heterocycles. The fourth-order valence-electron chi connectivity index (χ4n) is 0.761. The van der Waals surface area contributed by atoms with Crippen LogP contribution in [0.2, 0.25) is 0 Å². The molecule has 0 aliphatic heterocycles. The first-order valence-corrected chi connectivity index (χ1v) is 5.23. The van der Waals surface area contributed by atoms with Crippen molar-refractivity contribution in [3.05, 3.63) is 35.6 Å². The van der Waals surface area contributed by atoms with Gasteiger partial charge in [0.1, 0.15) is 5.82 Å². The summed E-state index contributed by atoms with van der Waals surface area (Å²) in [6.07, 6.45) is 0. The van der Waals surface area contributed by atoms with Gasteiger partial charge >= 0.3 is 0 Å². The normalized spacial score (nSPS) is 13.0. The van der Waals surface area contributed by atoms with E-state index in [1.54, 1.807) is 12.1 Å². The first kappa shape index (κ1) is 9.20. The van der Waals surface area contributed by atoms with Gasteiger partial charge in [-0.2, -0.15) is 0 Å². The van der Waals surface area contributed by atoms with E-state index in [1.807, 2.05) is 0 Å². The third-order valence-electron chi connectivity index (χ3n) is 1.37. The highest BCUT2D eigenvalue weighted by Gasteiger charge is 2.03. The number of alkyl halides is 2. The Hall–Kier alpha value is 0.110. The third kappa shape index (κ3) is 2.56. The quantitative estimate of drug-likeness (QED) is 0.726. The molecule has 3 heteroatoms. The summed E-state index contributed by atoms with van der Waals surface area (Å²) in [6.45, 7) is 0. The Balaban J connectivity index is 2.81. The summed E-state index contributed by atoms with van der Waals surface area (Å²) in [7, 11) is 0. The SMILES string of the molecule is Fc1ccc(C(Br)CBr)cc1. The average molecular weight is 282 g/mol. The van der Waals surface area contributed by atoms with Crippen molar-refractivity contribution in [2.75, 3.05) is 5.33 Å². The Labute approximate surface area is 82.1 Å². The molecule has 1 rings (SSSR count). The molecule has 0 aliphatic carbocycles. The predicted molar refractivity (Wildman–Crippen MR) is 51.9 cm³/mol. The van der Waals surface area contributed by atoms with Crippen LogP contribution in [0.3, 0.4) is 0 Å². The van der Waals surface area contributed by atoms with Crippen LogP contribution in [0, 0.1) is 5.82 Å². The molecule has 0 N–H and O–H groups in total. The molecule has 0 aliphatic rings. The molecule has 0 saturated carbocycles. The minimum atomic E-state index is -0.192. The second-order valence-corrected chi connectivity index (χ2v) is 3.93. The molecule has 0 bridgehead atoms. The zero-order valence-electron chi connectivity index (χ0n) is 5.73. The monoisotopic (exact) mass is 280 g/mol. The highest BCUT2D eigenvalue weighted by molar-refractivity contribution is 9.12. The van der Waals surface area contributed by atoms with Gasteiger partial charge in [0.05, 0.1) is 0 Å². The van der Waals surface area contributed by atoms with E-state index in [0.29, 0.717) is 0 Å². The highest BCUT2D eigenvalue weighted by Crippen LogP contribution is 2.24. The van der Waals surface area contributed by atoms with Gasteiger partial charge in [0.15, 0.2) is 0 Å². The van der Waals surface area contributed by atoms with Crippen LogP contribution in [0.15, 0.2) is 24.3 Å². The molecule has 0 fully saturated rings. The standard InChI is InChI=1S/C8H7Br2F/c9-5-8(10)6-1-3-7(11)4-2-6/h1-4,8H,5H2. The van der Waals surface area contributed by atoms with E-state index in [2.05, 4.69) is 31.9 Å². The summed E-state index contributed by atoms with van der Waals surface area (Å²) in [4.78, 5) is 0.267. The van der Waals surface area contributed by atoms with Crippen LogP contribution in [0.25, 0.3) is 0 Å². The second-order valence-electron chi connectivity index (χ2n) is 2.17. The number of hydrogen-bond donors (Lipinski definition) is 0. The van der Waals surface area contributed by atoms with Gasteiger partial charge in [-0.1, -0.05) is 44.0 Å². The number of benzene rings is 1. The zero-order chi connectivity index (χ0) is 8.27. The topological polar surface area (TPSA) is 0 Å². The van der Waals surface area contributed by atoms with Crippen molar-refractivity contribution < 1.29 is 4.39 Å². The van der Waals surface area contributed by atoms with Crippen molar-refractivity contribution in [2.24, 2.45) is 0 Å². The lowest BCUT2D eigenvalue weighted by molar-refractivity contribution is 0.627. The maximum Gasteiger partial charge on any atom is 0.123 e. The molecule has 0 saturated heterocycles. The summed E-state index contributed by atoms with van der Waals surface area (Å²) in [5.41, 5.74) is 1.09. The average Bonchev–Trinajstić information content (AvgIpc) is 2.05. The predicted octanol–water partition coefficient (Wildman–Crippen LogP) is 3.66. The van der Waals surface area contributed by atoms with Crippen molar-refractivity contribution in [3.8, 4) is 0 Å². The van der Waals surface area contributed by atoms with Crippen molar-refractivity contribution in [1.82, 2.24) is 0 Å². The van der Waals surface area contributed by atoms with Crippen molar-refractivity contribution >= 4 is 31.9 Å². The van der Waals surface area contributed by atoms with Crippen LogP contribution in [0.5, 0.6) is 0 Å². The molecular formula is C8H7Br2F. The number of hydrogen-bond acceptors (Lipinski definition) is 0. The summed E-state index contributed by atoms with van der Waals surface area (Å²) in [5, 5.41) is 0.832. The molecule has 1 aromatic carbocycles. The van der Waals surface area contributed by atoms with Gasteiger partial charge in [0.25, 0.3) is 0 Å². The first-order chi connectivity index (χ1) is 5.24. The van der Waals surface area contributed by atoms with Crippen LogP contribution in [-0.4, -0.2) is 5.33 Å². The third-order valence-corrected chi connectivity index (χ3v) is 3.74. The van der Waals surface area contributed by atoms with Crippen molar-refractivity contribution in [2.45, 2.75) is 4.83 Å². The molecule has 1 atom stereocenters. The largest absolute Gasteiger partial charge is 0.207 e. The van der Waals surface area contributed by atoms with E-state index in [4.69, 9.17) is 0 Å². The summed E-state index contributed by atoms with van der Waals surface area (Å²) in [5.74, 6) is -0.192. The summed E-state index contributed by atoms with van der Waals surface area (Å²) >= 11 is 6.77. The van der Waals surface area contributed by atoms with Crippen LogP contribution in [0.4, 0.5) is 4.39 Å². The lowest BCUT2D eigenvalue weighted by Gasteiger charge is -2.04. The lowest BCUT2D eigenvalue weighted by Crippen LogP contribution is -1.89. The van der Waals surface area contributed by atoms with Crippen LogP contribution < -0.4 is 0 Å². The summed E-state index contributed by atoms with van der Waals surface area (Å²) < 4.78 is 12.4. The molecule has 1 aromatic rings. The molecule has 0 radical (unpaired) electrons. The van der Waals surface area contributed by atoms with Gasteiger partial charge in [-0.15, -0.1) is 0 Å². The van der Waals surface area contributed by atoms with E-state index in [1.165, 1.54) is 12.1 Å². The van der Waals surface area contributed by atoms with Crippen molar-refractivity contribution in [1.29, 1.82) is 0 Å². The van der Waals surface area contributed by atoms with E-state index in [9.17, 15) is 4.39 Å². The van der Waals surface area contributed by atoms with Crippen molar-refractivity contribution in [3.63, 3.8) is 0 Å². The number of halogens is 3. The smallest absolute Gasteiger partial charge is 0.123 e. The molecule has 60 valence electrons. The second kappa shape index (κ2) is 4.21. The van der Waals surface area contributed by atoms with Crippen LogP contribution in [-0.2, 0) is 0 Å². The first-order valence-electron chi connectivity index (χ1n) is 3.19. The molecule has 0 spiro atoms. The van der Waals surface area contributed by atoms with E-state index in [-0.39, 0.29) is 10.6 Å². The highest BCUT2D eigenvalue weighted by atomic mass is 79.9. The van der Waals surface area contributed by atoms with Gasteiger partial charge in [-0.3, -0.25) is 0 Å². The molecule has 0 amide bonds. The Bertz CT molecular complexity index is 220. The summed E-state index contributed by atoms with van der Waals surface area (Å²) in [6, 6.07) is 6.48. The van der Waals surface area contributed by atoms with Gasteiger partial charge in [-0.25, -0.2) is 4.39 Å².